The van der Waals surface area contributed by atoms with Gasteiger partial charge in [0.05, 0.1) is 12.3 Å². The first-order chi connectivity index (χ1) is 11.7. The standard InChI is InChI=1S/C17H20F3NO4/c1-11(16(23)24)9-21(13-5-6-13)15(22)8-12-3-2-4-14(7-12)25-10-17(18,19)20/h2-4,7,11,13H,5-6,8-10H2,1H3,(H,23,24). The Hall–Kier alpha value is -2.25. The molecule has 0 saturated heterocycles. The Morgan fingerprint density at radius 1 is 1.36 bits per heavy atom. The lowest BCUT2D eigenvalue weighted by Gasteiger charge is -2.24. The molecule has 0 radical (unpaired) electrons. The summed E-state index contributed by atoms with van der Waals surface area (Å²) < 4.78 is 41.3. The van der Waals surface area contributed by atoms with Gasteiger partial charge in [-0.3, -0.25) is 9.59 Å². The molecule has 0 aromatic heterocycles. The second kappa shape index (κ2) is 7.76. The van der Waals surface area contributed by atoms with Crippen LogP contribution in [0.3, 0.4) is 0 Å². The normalized spacial score (nSPS) is 15.5. The van der Waals surface area contributed by atoms with Crippen molar-refractivity contribution >= 4 is 11.9 Å². The van der Waals surface area contributed by atoms with Crippen LogP contribution in [-0.4, -0.2) is 47.3 Å². The van der Waals surface area contributed by atoms with Crippen molar-refractivity contribution in [1.82, 2.24) is 4.90 Å². The number of carbonyl (C=O) groups excluding carboxylic acids is 1. The monoisotopic (exact) mass is 359 g/mol. The number of carboxylic acid groups (broad SMARTS) is 1. The van der Waals surface area contributed by atoms with E-state index >= 15 is 0 Å². The minimum Gasteiger partial charge on any atom is -0.484 e. The zero-order chi connectivity index (χ0) is 18.6. The number of alkyl halides is 3. The quantitative estimate of drug-likeness (QED) is 0.775. The first-order valence-electron chi connectivity index (χ1n) is 7.96. The molecule has 2 rings (SSSR count). The van der Waals surface area contributed by atoms with Crippen LogP contribution in [0.1, 0.15) is 25.3 Å². The number of halogens is 3. The summed E-state index contributed by atoms with van der Waals surface area (Å²) in [6, 6.07) is 6.00. The maximum absolute atomic E-state index is 12.5. The molecule has 1 fully saturated rings. The fourth-order valence-electron chi connectivity index (χ4n) is 2.40. The highest BCUT2D eigenvalue weighted by Crippen LogP contribution is 2.28. The Labute approximate surface area is 143 Å². The number of hydrogen-bond acceptors (Lipinski definition) is 3. The number of carbonyl (C=O) groups is 2. The van der Waals surface area contributed by atoms with E-state index in [1.54, 1.807) is 11.0 Å². The number of hydrogen-bond donors (Lipinski definition) is 1. The topological polar surface area (TPSA) is 66.8 Å². The third-order valence-corrected chi connectivity index (χ3v) is 3.86. The van der Waals surface area contributed by atoms with Crippen molar-refractivity contribution in [2.24, 2.45) is 5.92 Å². The van der Waals surface area contributed by atoms with Crippen molar-refractivity contribution < 1.29 is 32.6 Å². The number of ether oxygens (including phenoxy) is 1. The van der Waals surface area contributed by atoms with Gasteiger partial charge in [-0.2, -0.15) is 13.2 Å². The lowest BCUT2D eigenvalue weighted by molar-refractivity contribution is -0.153. The summed E-state index contributed by atoms with van der Waals surface area (Å²) in [5.74, 6) is -1.84. The van der Waals surface area contributed by atoms with E-state index in [4.69, 9.17) is 5.11 Å². The predicted molar refractivity (Wildman–Crippen MR) is 83.2 cm³/mol. The van der Waals surface area contributed by atoms with E-state index in [0.717, 1.165) is 12.8 Å². The highest BCUT2D eigenvalue weighted by Gasteiger charge is 2.34. The Morgan fingerprint density at radius 2 is 2.04 bits per heavy atom. The zero-order valence-corrected chi connectivity index (χ0v) is 13.8. The van der Waals surface area contributed by atoms with Crippen molar-refractivity contribution in [3.8, 4) is 5.75 Å². The number of amides is 1. The molecule has 1 aromatic rings. The van der Waals surface area contributed by atoms with E-state index < -0.39 is 24.7 Å². The molecule has 1 amide bonds. The molecule has 1 aliphatic carbocycles. The molecule has 1 N–H and O–H groups in total. The minimum atomic E-state index is -4.43. The Balaban J connectivity index is 1.99. The Bertz CT molecular complexity index is 629. The number of benzene rings is 1. The summed E-state index contributed by atoms with van der Waals surface area (Å²) in [5.41, 5.74) is 0.526. The summed E-state index contributed by atoms with van der Waals surface area (Å²) in [6.45, 7) is 0.272. The van der Waals surface area contributed by atoms with E-state index in [9.17, 15) is 22.8 Å². The molecule has 25 heavy (non-hydrogen) atoms. The molecular formula is C17H20F3NO4. The number of carboxylic acids is 1. The van der Waals surface area contributed by atoms with Crippen molar-refractivity contribution in [2.75, 3.05) is 13.2 Å². The molecule has 1 aromatic carbocycles. The van der Waals surface area contributed by atoms with E-state index in [1.807, 2.05) is 0 Å². The van der Waals surface area contributed by atoms with Crippen LogP contribution in [0.25, 0.3) is 0 Å². The van der Waals surface area contributed by atoms with Crippen LogP contribution in [-0.2, 0) is 16.0 Å². The predicted octanol–water partition coefficient (Wildman–Crippen LogP) is 2.88. The van der Waals surface area contributed by atoms with Gasteiger partial charge in [0.15, 0.2) is 6.61 Å². The zero-order valence-electron chi connectivity index (χ0n) is 13.8. The molecule has 1 aliphatic rings. The average molecular weight is 359 g/mol. The van der Waals surface area contributed by atoms with Gasteiger partial charge in [0, 0.05) is 12.6 Å². The summed E-state index contributed by atoms with van der Waals surface area (Å²) in [6.07, 6.45) is -2.76. The molecule has 0 spiro atoms. The van der Waals surface area contributed by atoms with Gasteiger partial charge in [-0.15, -0.1) is 0 Å². The minimum absolute atomic E-state index is 0.00788. The molecule has 5 nitrogen and oxygen atoms in total. The van der Waals surface area contributed by atoms with Gasteiger partial charge >= 0.3 is 12.1 Å². The lowest BCUT2D eigenvalue weighted by Crippen LogP contribution is -2.39. The molecule has 1 saturated carbocycles. The molecule has 8 heteroatoms. The first kappa shape index (κ1) is 19.1. The van der Waals surface area contributed by atoms with Gasteiger partial charge in [0.1, 0.15) is 5.75 Å². The molecule has 0 bridgehead atoms. The maximum Gasteiger partial charge on any atom is 0.422 e. The van der Waals surface area contributed by atoms with Crippen LogP contribution in [0.5, 0.6) is 5.75 Å². The van der Waals surface area contributed by atoms with Crippen LogP contribution in [0.4, 0.5) is 13.2 Å². The Kier molecular flexibility index (Phi) is 5.92. The fourth-order valence-corrected chi connectivity index (χ4v) is 2.40. The van der Waals surface area contributed by atoms with Gasteiger partial charge in [-0.05, 0) is 30.5 Å². The van der Waals surface area contributed by atoms with Crippen molar-refractivity contribution in [3.05, 3.63) is 29.8 Å². The van der Waals surface area contributed by atoms with Gasteiger partial charge in [0.25, 0.3) is 0 Å². The van der Waals surface area contributed by atoms with Crippen molar-refractivity contribution in [2.45, 2.75) is 38.4 Å². The smallest absolute Gasteiger partial charge is 0.422 e. The summed E-state index contributed by atoms with van der Waals surface area (Å²) >= 11 is 0. The SMILES string of the molecule is CC(CN(C(=O)Cc1cccc(OCC(F)(F)F)c1)C1CC1)C(=O)O. The number of aliphatic carboxylic acids is 1. The molecule has 0 aliphatic heterocycles. The number of nitrogens with zero attached hydrogens (tertiary/aromatic N) is 1. The van der Waals surface area contributed by atoms with Crippen LogP contribution in [0, 0.1) is 5.92 Å². The summed E-state index contributed by atoms with van der Waals surface area (Å²) in [5, 5.41) is 9.02. The van der Waals surface area contributed by atoms with E-state index in [2.05, 4.69) is 4.74 Å². The highest BCUT2D eigenvalue weighted by molar-refractivity contribution is 5.80. The van der Waals surface area contributed by atoms with Crippen molar-refractivity contribution in [1.29, 1.82) is 0 Å². The van der Waals surface area contributed by atoms with Gasteiger partial charge < -0.3 is 14.7 Å². The third-order valence-electron chi connectivity index (χ3n) is 3.86. The first-order valence-corrected chi connectivity index (χ1v) is 7.96. The van der Waals surface area contributed by atoms with Crippen LogP contribution in [0.2, 0.25) is 0 Å². The molecule has 1 atom stereocenters. The molecular weight excluding hydrogens is 339 g/mol. The number of rotatable bonds is 8. The van der Waals surface area contributed by atoms with Crippen LogP contribution in [0.15, 0.2) is 24.3 Å². The van der Waals surface area contributed by atoms with E-state index in [1.165, 1.54) is 25.1 Å². The highest BCUT2D eigenvalue weighted by atomic mass is 19.4. The van der Waals surface area contributed by atoms with Crippen LogP contribution < -0.4 is 4.74 Å². The molecule has 138 valence electrons. The second-order valence-electron chi connectivity index (χ2n) is 6.24. The van der Waals surface area contributed by atoms with Crippen molar-refractivity contribution in [3.63, 3.8) is 0 Å². The Morgan fingerprint density at radius 3 is 2.60 bits per heavy atom. The van der Waals surface area contributed by atoms with Crippen LogP contribution >= 0.6 is 0 Å². The largest absolute Gasteiger partial charge is 0.484 e. The third kappa shape index (κ3) is 6.28. The molecule has 1 unspecified atom stereocenters. The summed E-state index contributed by atoms with van der Waals surface area (Å²) in [7, 11) is 0. The average Bonchev–Trinajstić information content (AvgIpc) is 3.34. The fraction of sp³-hybridized carbons (Fsp3) is 0.529. The van der Waals surface area contributed by atoms with Gasteiger partial charge in [0.2, 0.25) is 5.91 Å². The van der Waals surface area contributed by atoms with Gasteiger partial charge in [-0.1, -0.05) is 19.1 Å². The lowest BCUT2D eigenvalue weighted by atomic mass is 10.1. The van der Waals surface area contributed by atoms with E-state index in [0.29, 0.717) is 5.56 Å². The van der Waals surface area contributed by atoms with Gasteiger partial charge in [-0.25, -0.2) is 0 Å². The second-order valence-corrected chi connectivity index (χ2v) is 6.24. The summed E-state index contributed by atoms with van der Waals surface area (Å²) in [4.78, 5) is 25.1. The molecule has 0 heterocycles. The maximum atomic E-state index is 12.5. The van der Waals surface area contributed by atoms with E-state index in [-0.39, 0.29) is 30.7 Å².